The molecular formula is C12H25NOS. The second kappa shape index (κ2) is 7.39. The van der Waals surface area contributed by atoms with Crippen LogP contribution in [-0.4, -0.2) is 27.8 Å². The summed E-state index contributed by atoms with van der Waals surface area (Å²) in [7, 11) is -0.600. The van der Waals surface area contributed by atoms with Crippen LogP contribution in [0.15, 0.2) is 0 Å². The fourth-order valence-electron chi connectivity index (χ4n) is 2.35. The van der Waals surface area contributed by atoms with Crippen LogP contribution in [0.3, 0.4) is 0 Å². The molecule has 2 nitrogen and oxygen atoms in total. The van der Waals surface area contributed by atoms with Gasteiger partial charge >= 0.3 is 0 Å². The van der Waals surface area contributed by atoms with Gasteiger partial charge in [-0.05, 0) is 25.8 Å². The Bertz CT molecular complexity index is 194. The Morgan fingerprint density at radius 1 is 1.27 bits per heavy atom. The normalized spacial score (nSPS) is 28.9. The minimum atomic E-state index is -0.600. The highest BCUT2D eigenvalue weighted by Crippen LogP contribution is 2.23. The predicted octanol–water partition coefficient (Wildman–Crippen LogP) is 2.46. The molecule has 1 saturated carbocycles. The lowest BCUT2D eigenvalue weighted by atomic mass is 9.95. The van der Waals surface area contributed by atoms with Crippen molar-refractivity contribution in [3.05, 3.63) is 0 Å². The molecule has 1 N–H and O–H groups in total. The van der Waals surface area contributed by atoms with E-state index in [-0.39, 0.29) is 0 Å². The first-order valence-corrected chi connectivity index (χ1v) is 7.78. The number of nitrogens with one attached hydrogen (secondary N) is 1. The first kappa shape index (κ1) is 13.2. The zero-order valence-corrected chi connectivity index (χ0v) is 10.9. The van der Waals surface area contributed by atoms with Crippen molar-refractivity contribution < 1.29 is 4.21 Å². The van der Waals surface area contributed by atoms with E-state index < -0.39 is 10.8 Å². The van der Waals surface area contributed by atoms with Gasteiger partial charge in [0, 0.05) is 22.6 Å². The van der Waals surface area contributed by atoms with E-state index in [1.807, 2.05) is 0 Å². The van der Waals surface area contributed by atoms with E-state index in [4.69, 9.17) is 0 Å². The summed E-state index contributed by atoms with van der Waals surface area (Å²) in [6.45, 7) is 5.31. The van der Waals surface area contributed by atoms with Gasteiger partial charge in [0.05, 0.1) is 5.25 Å². The van der Waals surface area contributed by atoms with Crippen LogP contribution in [0, 0.1) is 0 Å². The molecule has 3 atom stereocenters. The van der Waals surface area contributed by atoms with E-state index in [2.05, 4.69) is 19.2 Å². The lowest BCUT2D eigenvalue weighted by molar-refractivity contribution is 0.385. The minimum absolute atomic E-state index is 0.422. The average molecular weight is 231 g/mol. The SMILES string of the molecule is CCCCS(=O)C1CCCCC1NCC. The van der Waals surface area contributed by atoms with Crippen molar-refractivity contribution in [1.29, 1.82) is 0 Å². The number of hydrogen-bond acceptors (Lipinski definition) is 2. The molecule has 3 unspecified atom stereocenters. The second-order valence-electron chi connectivity index (χ2n) is 4.43. The van der Waals surface area contributed by atoms with E-state index in [1.54, 1.807) is 0 Å². The maximum absolute atomic E-state index is 12.1. The summed E-state index contributed by atoms with van der Waals surface area (Å²) >= 11 is 0. The van der Waals surface area contributed by atoms with Gasteiger partial charge < -0.3 is 5.32 Å². The summed E-state index contributed by atoms with van der Waals surface area (Å²) in [6.07, 6.45) is 7.22. The minimum Gasteiger partial charge on any atom is -0.313 e. The zero-order chi connectivity index (χ0) is 11.1. The molecule has 3 heteroatoms. The van der Waals surface area contributed by atoms with Gasteiger partial charge in [-0.3, -0.25) is 4.21 Å². The van der Waals surface area contributed by atoms with Crippen LogP contribution >= 0.6 is 0 Å². The van der Waals surface area contributed by atoms with Gasteiger partial charge in [-0.1, -0.05) is 33.1 Å². The van der Waals surface area contributed by atoms with Crippen LogP contribution in [-0.2, 0) is 10.8 Å². The summed E-state index contributed by atoms with van der Waals surface area (Å²) in [5.74, 6) is 0.906. The van der Waals surface area contributed by atoms with Crippen LogP contribution in [0.4, 0.5) is 0 Å². The highest BCUT2D eigenvalue weighted by molar-refractivity contribution is 7.85. The van der Waals surface area contributed by atoms with Crippen molar-refractivity contribution >= 4 is 10.8 Å². The molecule has 0 aromatic heterocycles. The van der Waals surface area contributed by atoms with E-state index in [0.29, 0.717) is 11.3 Å². The molecule has 0 aromatic rings. The molecule has 0 aliphatic heterocycles. The first-order chi connectivity index (χ1) is 7.29. The molecule has 90 valence electrons. The van der Waals surface area contributed by atoms with Gasteiger partial charge in [0.25, 0.3) is 0 Å². The molecule has 0 amide bonds. The maximum atomic E-state index is 12.1. The van der Waals surface area contributed by atoms with Crippen LogP contribution in [0.2, 0.25) is 0 Å². The van der Waals surface area contributed by atoms with E-state index in [9.17, 15) is 4.21 Å². The Balaban J connectivity index is 2.43. The Kier molecular flexibility index (Phi) is 6.50. The quantitative estimate of drug-likeness (QED) is 0.761. The van der Waals surface area contributed by atoms with Crippen molar-refractivity contribution in [2.75, 3.05) is 12.3 Å². The summed E-state index contributed by atoms with van der Waals surface area (Å²) in [5, 5.41) is 3.92. The number of unbranched alkanes of at least 4 members (excludes halogenated alkanes) is 1. The molecule has 0 heterocycles. The van der Waals surface area contributed by atoms with Gasteiger partial charge in [-0.2, -0.15) is 0 Å². The molecular weight excluding hydrogens is 206 g/mol. The van der Waals surface area contributed by atoms with Crippen molar-refractivity contribution in [2.45, 2.75) is 63.7 Å². The number of hydrogen-bond donors (Lipinski definition) is 1. The molecule has 0 radical (unpaired) electrons. The molecule has 0 aromatic carbocycles. The molecule has 15 heavy (non-hydrogen) atoms. The lowest BCUT2D eigenvalue weighted by Gasteiger charge is -2.31. The second-order valence-corrected chi connectivity index (χ2v) is 6.20. The molecule has 1 aliphatic rings. The molecule has 0 spiro atoms. The van der Waals surface area contributed by atoms with Crippen molar-refractivity contribution in [3.8, 4) is 0 Å². The fourth-order valence-corrected chi connectivity index (χ4v) is 4.25. The van der Waals surface area contributed by atoms with Crippen molar-refractivity contribution in [1.82, 2.24) is 5.32 Å². The van der Waals surface area contributed by atoms with E-state index in [1.165, 1.54) is 19.3 Å². The third kappa shape index (κ3) is 4.23. The molecule has 0 saturated heterocycles. The summed E-state index contributed by atoms with van der Waals surface area (Å²) < 4.78 is 12.1. The topological polar surface area (TPSA) is 29.1 Å². The Morgan fingerprint density at radius 3 is 2.67 bits per heavy atom. The largest absolute Gasteiger partial charge is 0.313 e. The summed E-state index contributed by atoms with van der Waals surface area (Å²) in [4.78, 5) is 0. The standard InChI is InChI=1S/C12H25NOS/c1-3-5-10-15(14)12-9-7-6-8-11(12)13-4-2/h11-13H,3-10H2,1-2H3. The van der Waals surface area contributed by atoms with Gasteiger partial charge in [0.1, 0.15) is 0 Å². The molecule has 1 rings (SSSR count). The maximum Gasteiger partial charge on any atom is 0.0501 e. The molecule has 0 bridgehead atoms. The molecule has 1 aliphatic carbocycles. The van der Waals surface area contributed by atoms with Gasteiger partial charge in [0.15, 0.2) is 0 Å². The third-order valence-electron chi connectivity index (χ3n) is 3.21. The Morgan fingerprint density at radius 2 is 2.00 bits per heavy atom. The monoisotopic (exact) mass is 231 g/mol. The smallest absolute Gasteiger partial charge is 0.0501 e. The summed E-state index contributed by atoms with van der Waals surface area (Å²) in [5.41, 5.74) is 0. The lowest BCUT2D eigenvalue weighted by Crippen LogP contribution is -2.44. The summed E-state index contributed by atoms with van der Waals surface area (Å²) in [6, 6.07) is 0.515. The Hall–Kier alpha value is 0.110. The fraction of sp³-hybridized carbons (Fsp3) is 1.00. The molecule has 1 fully saturated rings. The van der Waals surface area contributed by atoms with Crippen LogP contribution in [0.5, 0.6) is 0 Å². The number of rotatable bonds is 6. The Labute approximate surface area is 96.7 Å². The van der Waals surface area contributed by atoms with E-state index >= 15 is 0 Å². The average Bonchev–Trinajstić information content (AvgIpc) is 2.27. The van der Waals surface area contributed by atoms with Crippen LogP contribution in [0.25, 0.3) is 0 Å². The van der Waals surface area contributed by atoms with Crippen LogP contribution in [0.1, 0.15) is 52.4 Å². The highest BCUT2D eigenvalue weighted by Gasteiger charge is 2.28. The third-order valence-corrected chi connectivity index (χ3v) is 5.14. The highest BCUT2D eigenvalue weighted by atomic mass is 32.2. The van der Waals surface area contributed by atoms with E-state index in [0.717, 1.165) is 31.6 Å². The van der Waals surface area contributed by atoms with Gasteiger partial charge in [-0.25, -0.2) is 0 Å². The predicted molar refractivity (Wildman–Crippen MR) is 67.6 cm³/mol. The van der Waals surface area contributed by atoms with Gasteiger partial charge in [-0.15, -0.1) is 0 Å². The first-order valence-electron chi connectivity index (χ1n) is 6.40. The zero-order valence-electron chi connectivity index (χ0n) is 10.1. The van der Waals surface area contributed by atoms with Gasteiger partial charge in [0.2, 0.25) is 0 Å². The van der Waals surface area contributed by atoms with Crippen molar-refractivity contribution in [2.24, 2.45) is 0 Å². The van der Waals surface area contributed by atoms with Crippen molar-refractivity contribution in [3.63, 3.8) is 0 Å². The van der Waals surface area contributed by atoms with Crippen LogP contribution < -0.4 is 5.32 Å².